The summed E-state index contributed by atoms with van der Waals surface area (Å²) in [6, 6.07) is 0. The number of rotatable bonds is 4. The number of amides is 1. The number of hydrogen-bond acceptors (Lipinski definition) is 2. The molecule has 0 bridgehead atoms. The molecule has 3 nitrogen and oxygen atoms in total. The maximum atomic E-state index is 11.0. The quantitative estimate of drug-likeness (QED) is 0.568. The summed E-state index contributed by atoms with van der Waals surface area (Å²) < 4.78 is 4.96. The van der Waals surface area contributed by atoms with Crippen molar-refractivity contribution in [2.24, 2.45) is 5.41 Å². The summed E-state index contributed by atoms with van der Waals surface area (Å²) in [5, 5.41) is 2.61. The topological polar surface area (TPSA) is 38.3 Å². The van der Waals surface area contributed by atoms with Gasteiger partial charge in [0.15, 0.2) is 0 Å². The SMILES string of the molecule is CC(C)(C)COC(=O)NCCCCl. The first-order chi connectivity index (χ1) is 5.95. The van der Waals surface area contributed by atoms with Crippen molar-refractivity contribution < 1.29 is 9.53 Å². The second kappa shape index (κ2) is 6.08. The summed E-state index contributed by atoms with van der Waals surface area (Å²) in [5.74, 6) is 0.555. The molecule has 0 aliphatic rings. The van der Waals surface area contributed by atoms with Crippen LogP contribution in [0.2, 0.25) is 0 Å². The van der Waals surface area contributed by atoms with Crippen LogP contribution in [0.15, 0.2) is 0 Å². The molecular formula is C9H18ClNO2. The summed E-state index contributed by atoms with van der Waals surface area (Å²) in [7, 11) is 0. The predicted octanol–water partition coefficient (Wildman–Crippen LogP) is 2.39. The van der Waals surface area contributed by atoms with Crippen molar-refractivity contribution in [3.8, 4) is 0 Å². The predicted molar refractivity (Wildman–Crippen MR) is 54.1 cm³/mol. The molecular weight excluding hydrogens is 190 g/mol. The molecule has 0 aliphatic carbocycles. The Kier molecular flexibility index (Phi) is 5.88. The third-order valence-electron chi connectivity index (χ3n) is 1.22. The van der Waals surface area contributed by atoms with E-state index < -0.39 is 0 Å². The van der Waals surface area contributed by atoms with E-state index in [-0.39, 0.29) is 11.5 Å². The van der Waals surface area contributed by atoms with E-state index in [4.69, 9.17) is 16.3 Å². The van der Waals surface area contributed by atoms with E-state index in [1.54, 1.807) is 0 Å². The Balaban J connectivity index is 3.41. The lowest BCUT2D eigenvalue weighted by molar-refractivity contribution is 0.106. The third kappa shape index (κ3) is 9.47. The summed E-state index contributed by atoms with van der Waals surface area (Å²) in [6.07, 6.45) is 0.409. The van der Waals surface area contributed by atoms with Gasteiger partial charge in [0.25, 0.3) is 0 Å². The largest absolute Gasteiger partial charge is 0.449 e. The number of halogens is 1. The van der Waals surface area contributed by atoms with Gasteiger partial charge < -0.3 is 10.1 Å². The summed E-state index contributed by atoms with van der Waals surface area (Å²) in [6.45, 7) is 7.04. The lowest BCUT2D eigenvalue weighted by Crippen LogP contribution is -2.28. The van der Waals surface area contributed by atoms with Crippen LogP contribution in [0.5, 0.6) is 0 Å². The summed E-state index contributed by atoms with van der Waals surface area (Å²) in [4.78, 5) is 11.0. The first kappa shape index (κ1) is 12.6. The van der Waals surface area contributed by atoms with Crippen LogP contribution in [0.1, 0.15) is 27.2 Å². The van der Waals surface area contributed by atoms with Gasteiger partial charge in [-0.2, -0.15) is 0 Å². The fourth-order valence-corrected chi connectivity index (χ4v) is 0.724. The van der Waals surface area contributed by atoms with Crippen LogP contribution in [0.4, 0.5) is 4.79 Å². The Morgan fingerprint density at radius 1 is 1.46 bits per heavy atom. The zero-order valence-corrected chi connectivity index (χ0v) is 9.28. The number of alkyl halides is 1. The van der Waals surface area contributed by atoms with E-state index in [0.29, 0.717) is 19.0 Å². The monoisotopic (exact) mass is 207 g/mol. The van der Waals surface area contributed by atoms with Crippen molar-refractivity contribution in [3.05, 3.63) is 0 Å². The maximum absolute atomic E-state index is 11.0. The lowest BCUT2D eigenvalue weighted by atomic mass is 9.99. The molecule has 0 spiro atoms. The number of ether oxygens (including phenoxy) is 1. The standard InChI is InChI=1S/C9H18ClNO2/c1-9(2,3)7-13-8(12)11-6-4-5-10/h4-7H2,1-3H3,(H,11,12). The van der Waals surface area contributed by atoms with E-state index in [9.17, 15) is 4.79 Å². The first-order valence-corrected chi connectivity index (χ1v) is 4.96. The average molecular weight is 208 g/mol. The van der Waals surface area contributed by atoms with Gasteiger partial charge >= 0.3 is 6.09 Å². The molecule has 0 radical (unpaired) electrons. The van der Waals surface area contributed by atoms with Crippen molar-refractivity contribution in [3.63, 3.8) is 0 Å². The second-order valence-corrected chi connectivity index (χ2v) is 4.48. The minimum atomic E-state index is -0.361. The Morgan fingerprint density at radius 3 is 2.54 bits per heavy atom. The van der Waals surface area contributed by atoms with Crippen molar-refractivity contribution in [2.45, 2.75) is 27.2 Å². The number of hydrogen-bond donors (Lipinski definition) is 1. The molecule has 0 rings (SSSR count). The van der Waals surface area contributed by atoms with Gasteiger partial charge in [0.1, 0.15) is 0 Å². The molecule has 0 aromatic carbocycles. The van der Waals surface area contributed by atoms with E-state index in [1.807, 2.05) is 20.8 Å². The molecule has 0 saturated carbocycles. The van der Waals surface area contributed by atoms with Crippen LogP contribution >= 0.6 is 11.6 Å². The minimum Gasteiger partial charge on any atom is -0.449 e. The highest BCUT2D eigenvalue weighted by molar-refractivity contribution is 6.17. The van der Waals surface area contributed by atoms with Crippen LogP contribution in [0, 0.1) is 5.41 Å². The summed E-state index contributed by atoms with van der Waals surface area (Å²) in [5.41, 5.74) is 0.0177. The van der Waals surface area contributed by atoms with Gasteiger partial charge in [-0.15, -0.1) is 11.6 Å². The molecule has 1 N–H and O–H groups in total. The van der Waals surface area contributed by atoms with E-state index in [2.05, 4.69) is 5.32 Å². The van der Waals surface area contributed by atoms with E-state index in [0.717, 1.165) is 6.42 Å². The highest BCUT2D eigenvalue weighted by Gasteiger charge is 2.12. The number of carbonyl (C=O) groups is 1. The molecule has 0 aromatic rings. The Bertz CT molecular complexity index is 154. The zero-order valence-electron chi connectivity index (χ0n) is 8.52. The van der Waals surface area contributed by atoms with E-state index >= 15 is 0 Å². The van der Waals surface area contributed by atoms with Gasteiger partial charge in [0.2, 0.25) is 0 Å². The zero-order chi connectivity index (χ0) is 10.3. The van der Waals surface area contributed by atoms with Crippen LogP contribution in [0.3, 0.4) is 0 Å². The molecule has 13 heavy (non-hydrogen) atoms. The van der Waals surface area contributed by atoms with Gasteiger partial charge in [0, 0.05) is 12.4 Å². The Hall–Kier alpha value is -0.440. The fourth-order valence-electron chi connectivity index (χ4n) is 0.590. The Morgan fingerprint density at radius 2 is 2.08 bits per heavy atom. The molecule has 0 atom stereocenters. The average Bonchev–Trinajstić information content (AvgIpc) is 2.00. The van der Waals surface area contributed by atoms with Gasteiger partial charge in [-0.1, -0.05) is 20.8 Å². The van der Waals surface area contributed by atoms with Crippen LogP contribution in [-0.2, 0) is 4.74 Å². The maximum Gasteiger partial charge on any atom is 0.407 e. The molecule has 0 aliphatic heterocycles. The number of carbonyl (C=O) groups excluding carboxylic acids is 1. The Labute approximate surface area is 84.8 Å². The molecule has 1 amide bonds. The molecule has 4 heteroatoms. The van der Waals surface area contributed by atoms with Gasteiger partial charge in [-0.05, 0) is 11.8 Å². The van der Waals surface area contributed by atoms with E-state index in [1.165, 1.54) is 0 Å². The van der Waals surface area contributed by atoms with Gasteiger partial charge in [0.05, 0.1) is 6.61 Å². The van der Waals surface area contributed by atoms with Crippen molar-refractivity contribution in [2.75, 3.05) is 19.0 Å². The highest BCUT2D eigenvalue weighted by atomic mass is 35.5. The first-order valence-electron chi connectivity index (χ1n) is 4.42. The molecule has 0 fully saturated rings. The number of nitrogens with one attached hydrogen (secondary N) is 1. The number of alkyl carbamates (subject to hydrolysis) is 1. The third-order valence-corrected chi connectivity index (χ3v) is 1.48. The van der Waals surface area contributed by atoms with Crippen LogP contribution < -0.4 is 5.32 Å². The molecule has 0 aromatic heterocycles. The smallest absolute Gasteiger partial charge is 0.407 e. The van der Waals surface area contributed by atoms with Crippen molar-refractivity contribution >= 4 is 17.7 Å². The van der Waals surface area contributed by atoms with Gasteiger partial charge in [-0.25, -0.2) is 4.79 Å². The normalized spacial score (nSPS) is 11.1. The van der Waals surface area contributed by atoms with Crippen molar-refractivity contribution in [1.29, 1.82) is 0 Å². The van der Waals surface area contributed by atoms with Crippen LogP contribution in [0.25, 0.3) is 0 Å². The lowest BCUT2D eigenvalue weighted by Gasteiger charge is -2.17. The summed E-state index contributed by atoms with van der Waals surface area (Å²) >= 11 is 5.44. The molecule has 78 valence electrons. The molecule has 0 unspecified atom stereocenters. The van der Waals surface area contributed by atoms with Gasteiger partial charge in [-0.3, -0.25) is 0 Å². The van der Waals surface area contributed by atoms with Crippen LogP contribution in [-0.4, -0.2) is 25.1 Å². The highest BCUT2D eigenvalue weighted by Crippen LogP contribution is 2.12. The second-order valence-electron chi connectivity index (χ2n) is 4.11. The van der Waals surface area contributed by atoms with Crippen molar-refractivity contribution in [1.82, 2.24) is 5.32 Å². The fraction of sp³-hybridized carbons (Fsp3) is 0.889. The molecule has 0 heterocycles. The minimum absolute atomic E-state index is 0.0177. The molecule has 0 saturated heterocycles.